The lowest BCUT2D eigenvalue weighted by molar-refractivity contribution is -0.139. The normalized spacial score (nSPS) is 12.0. The maximum absolute atomic E-state index is 12.5. The van der Waals surface area contributed by atoms with Crippen LogP contribution in [0.4, 0.5) is 22.0 Å². The molecule has 2 nitrogen and oxygen atoms in total. The Morgan fingerprint density at radius 2 is 1.94 bits per heavy atom. The number of methoxy groups -OCH3 is 1. The SMILES string of the molecule is COc1nc(C(F)F)cc(Br)c1C(F)(F)F. The van der Waals surface area contributed by atoms with Crippen molar-refractivity contribution in [1.29, 1.82) is 0 Å². The second-order valence-corrected chi connectivity index (χ2v) is 3.57. The Hall–Kier alpha value is -0.920. The number of rotatable bonds is 2. The summed E-state index contributed by atoms with van der Waals surface area (Å²) in [6.07, 6.45) is -7.69. The average molecular weight is 306 g/mol. The zero-order valence-electron chi connectivity index (χ0n) is 7.78. The molecule has 16 heavy (non-hydrogen) atoms. The molecule has 0 atom stereocenters. The van der Waals surface area contributed by atoms with Crippen LogP contribution in [0.5, 0.6) is 5.88 Å². The monoisotopic (exact) mass is 305 g/mol. The Balaban J connectivity index is 3.41. The molecule has 0 N–H and O–H groups in total. The second kappa shape index (κ2) is 4.52. The number of ether oxygens (including phenoxy) is 1. The summed E-state index contributed by atoms with van der Waals surface area (Å²) < 4.78 is 65.8. The van der Waals surface area contributed by atoms with Gasteiger partial charge in [-0.3, -0.25) is 0 Å². The van der Waals surface area contributed by atoms with Gasteiger partial charge in [0, 0.05) is 4.47 Å². The summed E-state index contributed by atoms with van der Waals surface area (Å²) in [5.41, 5.74) is -1.99. The molecule has 8 heteroatoms. The number of halogens is 6. The molecule has 1 aromatic rings. The third-order valence-electron chi connectivity index (χ3n) is 1.66. The van der Waals surface area contributed by atoms with Gasteiger partial charge in [-0.1, -0.05) is 0 Å². The van der Waals surface area contributed by atoms with Crippen molar-refractivity contribution in [2.24, 2.45) is 0 Å². The Morgan fingerprint density at radius 1 is 1.38 bits per heavy atom. The molecule has 0 bridgehead atoms. The van der Waals surface area contributed by atoms with E-state index in [0.717, 1.165) is 7.11 Å². The predicted molar refractivity (Wildman–Crippen MR) is 48.4 cm³/mol. The van der Waals surface area contributed by atoms with E-state index in [2.05, 4.69) is 25.7 Å². The van der Waals surface area contributed by atoms with Gasteiger partial charge in [0.25, 0.3) is 6.43 Å². The molecule has 0 fully saturated rings. The van der Waals surface area contributed by atoms with E-state index < -0.39 is 34.2 Å². The quantitative estimate of drug-likeness (QED) is 0.775. The molecule has 0 unspecified atom stereocenters. The lowest BCUT2D eigenvalue weighted by Gasteiger charge is -2.14. The molecule has 0 saturated heterocycles. The van der Waals surface area contributed by atoms with Gasteiger partial charge in [-0.2, -0.15) is 13.2 Å². The number of nitrogens with zero attached hydrogens (tertiary/aromatic N) is 1. The number of alkyl halides is 5. The van der Waals surface area contributed by atoms with Gasteiger partial charge in [0.15, 0.2) is 0 Å². The van der Waals surface area contributed by atoms with Crippen molar-refractivity contribution in [3.8, 4) is 5.88 Å². The van der Waals surface area contributed by atoms with E-state index >= 15 is 0 Å². The van der Waals surface area contributed by atoms with Gasteiger partial charge in [-0.05, 0) is 22.0 Å². The maximum atomic E-state index is 12.5. The van der Waals surface area contributed by atoms with Crippen LogP contribution in [0, 0.1) is 0 Å². The van der Waals surface area contributed by atoms with Crippen LogP contribution in [0.15, 0.2) is 10.5 Å². The van der Waals surface area contributed by atoms with Gasteiger partial charge in [-0.25, -0.2) is 13.8 Å². The van der Waals surface area contributed by atoms with Crippen molar-refractivity contribution in [2.45, 2.75) is 12.6 Å². The van der Waals surface area contributed by atoms with E-state index in [1.165, 1.54) is 0 Å². The third-order valence-corrected chi connectivity index (χ3v) is 2.28. The molecule has 0 aliphatic heterocycles. The van der Waals surface area contributed by atoms with E-state index in [1.54, 1.807) is 0 Å². The fraction of sp³-hybridized carbons (Fsp3) is 0.375. The van der Waals surface area contributed by atoms with Gasteiger partial charge < -0.3 is 4.74 Å². The number of pyridine rings is 1. The Kier molecular flexibility index (Phi) is 3.72. The first-order chi connectivity index (χ1) is 7.27. The lowest BCUT2D eigenvalue weighted by atomic mass is 10.2. The molecule has 0 aromatic carbocycles. The summed E-state index contributed by atoms with van der Waals surface area (Å²) in [6, 6.07) is 0.621. The molecule has 0 aliphatic rings. The molecule has 0 amide bonds. The summed E-state index contributed by atoms with van der Waals surface area (Å²) in [5, 5.41) is 0. The Morgan fingerprint density at radius 3 is 2.31 bits per heavy atom. The minimum Gasteiger partial charge on any atom is -0.481 e. The first-order valence-corrected chi connectivity index (χ1v) is 4.66. The van der Waals surface area contributed by atoms with E-state index in [1.807, 2.05) is 0 Å². The highest BCUT2D eigenvalue weighted by Crippen LogP contribution is 2.41. The van der Waals surface area contributed by atoms with Crippen molar-refractivity contribution in [3.63, 3.8) is 0 Å². The minimum atomic E-state index is -4.72. The van der Waals surface area contributed by atoms with Crippen LogP contribution in [0.3, 0.4) is 0 Å². The van der Waals surface area contributed by atoms with Crippen molar-refractivity contribution in [2.75, 3.05) is 7.11 Å². The smallest absolute Gasteiger partial charge is 0.422 e. The van der Waals surface area contributed by atoms with E-state index in [4.69, 9.17) is 0 Å². The highest BCUT2D eigenvalue weighted by atomic mass is 79.9. The molecule has 0 radical (unpaired) electrons. The zero-order valence-corrected chi connectivity index (χ0v) is 9.36. The average Bonchev–Trinajstić information content (AvgIpc) is 2.14. The molecular weight excluding hydrogens is 301 g/mol. The molecule has 1 heterocycles. The van der Waals surface area contributed by atoms with E-state index in [0.29, 0.717) is 6.07 Å². The largest absolute Gasteiger partial charge is 0.481 e. The summed E-state index contributed by atoms with van der Waals surface area (Å²) >= 11 is 2.57. The van der Waals surface area contributed by atoms with Crippen LogP contribution in [-0.2, 0) is 6.18 Å². The summed E-state index contributed by atoms with van der Waals surface area (Å²) in [5.74, 6) is -0.878. The molecule has 0 spiro atoms. The fourth-order valence-electron chi connectivity index (χ4n) is 1.03. The fourth-order valence-corrected chi connectivity index (χ4v) is 1.65. The number of hydrogen-bond donors (Lipinski definition) is 0. The molecular formula is C8H5BrF5NO. The summed E-state index contributed by atoms with van der Waals surface area (Å²) in [4.78, 5) is 3.10. The first-order valence-electron chi connectivity index (χ1n) is 3.87. The van der Waals surface area contributed by atoms with Crippen molar-refractivity contribution in [1.82, 2.24) is 4.98 Å². The van der Waals surface area contributed by atoms with Crippen LogP contribution in [0.25, 0.3) is 0 Å². The maximum Gasteiger partial charge on any atom is 0.422 e. The highest BCUT2D eigenvalue weighted by molar-refractivity contribution is 9.10. The molecule has 90 valence electrons. The third kappa shape index (κ3) is 2.60. The van der Waals surface area contributed by atoms with Crippen LogP contribution in [-0.4, -0.2) is 12.1 Å². The van der Waals surface area contributed by atoms with Gasteiger partial charge in [-0.15, -0.1) is 0 Å². The van der Waals surface area contributed by atoms with Crippen LogP contribution < -0.4 is 4.74 Å². The zero-order chi connectivity index (χ0) is 12.5. The lowest BCUT2D eigenvalue weighted by Crippen LogP contribution is -2.11. The number of hydrogen-bond acceptors (Lipinski definition) is 2. The standard InChI is InChI=1S/C8H5BrF5NO/c1-16-7-5(8(12,13)14)3(9)2-4(15-7)6(10)11/h2,6H,1H3. The van der Waals surface area contributed by atoms with E-state index in [9.17, 15) is 22.0 Å². The minimum absolute atomic E-state index is 0.526. The van der Waals surface area contributed by atoms with Gasteiger partial charge in [0.1, 0.15) is 11.3 Å². The topological polar surface area (TPSA) is 22.1 Å². The molecule has 1 aromatic heterocycles. The molecule has 1 rings (SSSR count). The predicted octanol–water partition coefficient (Wildman–Crippen LogP) is 3.81. The van der Waals surface area contributed by atoms with Crippen molar-refractivity contribution >= 4 is 15.9 Å². The summed E-state index contributed by atoms with van der Waals surface area (Å²) in [6.45, 7) is 0. The molecule has 0 saturated carbocycles. The van der Waals surface area contributed by atoms with Gasteiger partial charge >= 0.3 is 6.18 Å². The van der Waals surface area contributed by atoms with Gasteiger partial charge in [0.05, 0.1) is 7.11 Å². The first kappa shape index (κ1) is 13.1. The van der Waals surface area contributed by atoms with Crippen LogP contribution in [0.1, 0.15) is 17.7 Å². The van der Waals surface area contributed by atoms with Gasteiger partial charge in [0.2, 0.25) is 5.88 Å². The number of aromatic nitrogens is 1. The van der Waals surface area contributed by atoms with Crippen molar-refractivity contribution < 1.29 is 26.7 Å². The highest BCUT2D eigenvalue weighted by Gasteiger charge is 2.38. The van der Waals surface area contributed by atoms with Crippen LogP contribution >= 0.6 is 15.9 Å². The van der Waals surface area contributed by atoms with E-state index in [-0.39, 0.29) is 0 Å². The van der Waals surface area contributed by atoms with Crippen molar-refractivity contribution in [3.05, 3.63) is 21.8 Å². The second-order valence-electron chi connectivity index (χ2n) is 2.71. The van der Waals surface area contributed by atoms with Crippen LogP contribution in [0.2, 0.25) is 0 Å². The Bertz CT molecular complexity index is 393. The Labute approximate surface area is 95.6 Å². The summed E-state index contributed by atoms with van der Waals surface area (Å²) in [7, 11) is 0.930. The molecule has 0 aliphatic carbocycles.